The van der Waals surface area contributed by atoms with Gasteiger partial charge in [-0.25, -0.2) is 4.79 Å². The van der Waals surface area contributed by atoms with Crippen molar-refractivity contribution >= 4 is 6.09 Å². The van der Waals surface area contributed by atoms with E-state index in [0.717, 1.165) is 5.56 Å². The van der Waals surface area contributed by atoms with Gasteiger partial charge in [0.05, 0.1) is 31.4 Å². The van der Waals surface area contributed by atoms with Crippen LogP contribution in [0.5, 0.6) is 0 Å². The standard InChI is InChI=1S/C18H26N4O4/c1-18(2,3)26-17(24)22-10-14(23)9-16(15(11-22)20-21-19)25-12-13-7-5-4-6-8-13/h4-8,14-16,23H,9-12H2,1-3H3/t14-,15+,16+/m0/s1. The summed E-state index contributed by atoms with van der Waals surface area (Å²) in [7, 11) is 0. The quantitative estimate of drug-likeness (QED) is 0.504. The minimum atomic E-state index is -0.790. The van der Waals surface area contributed by atoms with Gasteiger partial charge in [0.2, 0.25) is 0 Å². The lowest BCUT2D eigenvalue weighted by Gasteiger charge is -2.28. The van der Waals surface area contributed by atoms with Crippen molar-refractivity contribution in [1.29, 1.82) is 0 Å². The van der Waals surface area contributed by atoms with Crippen molar-refractivity contribution in [2.24, 2.45) is 5.11 Å². The first-order chi connectivity index (χ1) is 12.3. The van der Waals surface area contributed by atoms with Crippen LogP contribution in [0.4, 0.5) is 4.79 Å². The van der Waals surface area contributed by atoms with Gasteiger partial charge in [0, 0.05) is 17.9 Å². The first-order valence-electron chi connectivity index (χ1n) is 8.64. The number of hydrogen-bond donors (Lipinski definition) is 1. The van der Waals surface area contributed by atoms with E-state index in [1.54, 1.807) is 20.8 Å². The molecule has 0 radical (unpaired) electrons. The molecule has 0 aliphatic carbocycles. The van der Waals surface area contributed by atoms with Gasteiger partial charge in [-0.1, -0.05) is 35.4 Å². The maximum absolute atomic E-state index is 12.4. The van der Waals surface area contributed by atoms with Gasteiger partial charge in [-0.2, -0.15) is 0 Å². The van der Waals surface area contributed by atoms with Crippen LogP contribution in [0.3, 0.4) is 0 Å². The highest BCUT2D eigenvalue weighted by molar-refractivity contribution is 5.68. The van der Waals surface area contributed by atoms with Crippen molar-refractivity contribution in [3.05, 3.63) is 46.3 Å². The molecule has 0 bridgehead atoms. The molecule has 1 heterocycles. The predicted molar refractivity (Wildman–Crippen MR) is 96.4 cm³/mol. The Morgan fingerprint density at radius 1 is 1.35 bits per heavy atom. The second-order valence-corrected chi connectivity index (χ2v) is 7.38. The number of benzene rings is 1. The van der Waals surface area contributed by atoms with E-state index in [1.165, 1.54) is 4.90 Å². The van der Waals surface area contributed by atoms with Gasteiger partial charge in [-0.3, -0.25) is 0 Å². The molecule has 1 saturated heterocycles. The summed E-state index contributed by atoms with van der Waals surface area (Å²) in [5.41, 5.74) is 9.23. The summed E-state index contributed by atoms with van der Waals surface area (Å²) in [6, 6.07) is 9.01. The van der Waals surface area contributed by atoms with Crippen LogP contribution >= 0.6 is 0 Å². The molecule has 2 rings (SSSR count). The maximum atomic E-state index is 12.4. The molecule has 1 amide bonds. The molecule has 142 valence electrons. The summed E-state index contributed by atoms with van der Waals surface area (Å²) in [6.45, 7) is 5.90. The average Bonchev–Trinajstić information content (AvgIpc) is 2.72. The third-order valence-corrected chi connectivity index (χ3v) is 3.93. The van der Waals surface area contributed by atoms with Crippen LogP contribution in [0, 0.1) is 0 Å². The van der Waals surface area contributed by atoms with E-state index in [2.05, 4.69) is 10.0 Å². The molecule has 1 aromatic carbocycles. The zero-order chi connectivity index (χ0) is 19.2. The molecule has 1 N–H and O–H groups in total. The van der Waals surface area contributed by atoms with E-state index in [0.29, 0.717) is 6.61 Å². The molecule has 0 saturated carbocycles. The molecular weight excluding hydrogens is 336 g/mol. The zero-order valence-corrected chi connectivity index (χ0v) is 15.4. The van der Waals surface area contributed by atoms with Crippen LogP contribution in [0.2, 0.25) is 0 Å². The maximum Gasteiger partial charge on any atom is 0.410 e. The lowest BCUT2D eigenvalue weighted by Crippen LogP contribution is -2.43. The Morgan fingerprint density at radius 2 is 2.04 bits per heavy atom. The normalized spacial score (nSPS) is 23.7. The van der Waals surface area contributed by atoms with Crippen LogP contribution in [0.1, 0.15) is 32.8 Å². The van der Waals surface area contributed by atoms with Crippen LogP contribution in [0.25, 0.3) is 10.4 Å². The van der Waals surface area contributed by atoms with Crippen LogP contribution in [0.15, 0.2) is 35.4 Å². The van der Waals surface area contributed by atoms with E-state index in [4.69, 9.17) is 15.0 Å². The number of nitrogens with zero attached hydrogens (tertiary/aromatic N) is 4. The van der Waals surface area contributed by atoms with Gasteiger partial charge < -0.3 is 19.5 Å². The number of β-amino-alcohol motifs (C(OH)–C–C–N with tert-alkyl or cyclic N) is 1. The molecule has 1 aliphatic rings. The Hall–Kier alpha value is -2.28. The third kappa shape index (κ3) is 6.22. The fourth-order valence-electron chi connectivity index (χ4n) is 2.78. The van der Waals surface area contributed by atoms with Gasteiger partial charge in [0.1, 0.15) is 5.60 Å². The second-order valence-electron chi connectivity index (χ2n) is 7.38. The molecule has 0 aromatic heterocycles. The van der Waals surface area contributed by atoms with Gasteiger partial charge >= 0.3 is 6.09 Å². The smallest absolute Gasteiger partial charge is 0.410 e. The first kappa shape index (κ1) is 20.0. The van der Waals surface area contributed by atoms with Crippen molar-refractivity contribution < 1.29 is 19.4 Å². The molecule has 0 spiro atoms. The molecule has 3 atom stereocenters. The van der Waals surface area contributed by atoms with E-state index >= 15 is 0 Å². The van der Waals surface area contributed by atoms with Crippen LogP contribution < -0.4 is 0 Å². The number of carbonyl (C=O) groups is 1. The Kier molecular flexibility index (Phi) is 6.85. The fourth-order valence-corrected chi connectivity index (χ4v) is 2.78. The molecule has 0 unspecified atom stereocenters. The molecule has 26 heavy (non-hydrogen) atoms. The van der Waals surface area contributed by atoms with E-state index in [1.807, 2.05) is 30.3 Å². The van der Waals surface area contributed by atoms with Crippen molar-refractivity contribution in [2.75, 3.05) is 13.1 Å². The lowest BCUT2D eigenvalue weighted by atomic mass is 10.1. The van der Waals surface area contributed by atoms with Gasteiger partial charge in [0.25, 0.3) is 0 Å². The van der Waals surface area contributed by atoms with Crippen LogP contribution in [-0.4, -0.2) is 53.0 Å². The summed E-state index contributed by atoms with van der Waals surface area (Å²) in [5, 5.41) is 14.1. The number of amides is 1. The molecular formula is C18H26N4O4. The zero-order valence-electron chi connectivity index (χ0n) is 15.4. The SMILES string of the molecule is CC(C)(C)OC(=O)N1C[C@@H](O)C[C@@H](OCc2ccccc2)[C@H](N=[N+]=[N-])C1. The number of rotatable bonds is 4. The van der Waals surface area contributed by atoms with E-state index in [-0.39, 0.29) is 19.5 Å². The number of azide groups is 1. The number of likely N-dealkylation sites (tertiary alicyclic amines) is 1. The van der Waals surface area contributed by atoms with Gasteiger partial charge in [-0.05, 0) is 31.9 Å². The molecule has 1 aromatic rings. The average molecular weight is 362 g/mol. The predicted octanol–water partition coefficient (Wildman–Crippen LogP) is 3.25. The van der Waals surface area contributed by atoms with Gasteiger partial charge in [-0.15, -0.1) is 0 Å². The van der Waals surface area contributed by atoms with Crippen molar-refractivity contribution in [3.8, 4) is 0 Å². The number of hydrogen-bond acceptors (Lipinski definition) is 5. The van der Waals surface area contributed by atoms with E-state index in [9.17, 15) is 9.90 Å². The monoisotopic (exact) mass is 362 g/mol. The molecule has 8 nitrogen and oxygen atoms in total. The summed E-state index contributed by atoms with van der Waals surface area (Å²) in [4.78, 5) is 16.6. The summed E-state index contributed by atoms with van der Waals surface area (Å²) in [6.07, 6.45) is -1.55. The molecule has 8 heteroatoms. The minimum absolute atomic E-state index is 0.109. The topological polar surface area (TPSA) is 108 Å². The minimum Gasteiger partial charge on any atom is -0.444 e. The fraction of sp³-hybridized carbons (Fsp3) is 0.611. The summed E-state index contributed by atoms with van der Waals surface area (Å²) in [5.74, 6) is 0. The number of aliphatic hydroxyl groups is 1. The van der Waals surface area contributed by atoms with Crippen molar-refractivity contribution in [2.45, 2.75) is 57.6 Å². The number of ether oxygens (including phenoxy) is 2. The highest BCUT2D eigenvalue weighted by Crippen LogP contribution is 2.21. The second kappa shape index (κ2) is 8.89. The van der Waals surface area contributed by atoms with Gasteiger partial charge in [0.15, 0.2) is 0 Å². The van der Waals surface area contributed by atoms with Crippen molar-refractivity contribution in [1.82, 2.24) is 4.90 Å². The van der Waals surface area contributed by atoms with Crippen molar-refractivity contribution in [3.63, 3.8) is 0 Å². The lowest BCUT2D eigenvalue weighted by molar-refractivity contribution is 0.000170. The Morgan fingerprint density at radius 3 is 2.65 bits per heavy atom. The van der Waals surface area contributed by atoms with Crippen LogP contribution in [-0.2, 0) is 16.1 Å². The molecule has 1 aliphatic heterocycles. The number of aliphatic hydroxyl groups excluding tert-OH is 1. The number of carbonyl (C=O) groups excluding carboxylic acids is 1. The summed E-state index contributed by atoms with van der Waals surface area (Å²) < 4.78 is 11.3. The highest BCUT2D eigenvalue weighted by atomic mass is 16.6. The largest absolute Gasteiger partial charge is 0.444 e. The highest BCUT2D eigenvalue weighted by Gasteiger charge is 2.35. The van der Waals surface area contributed by atoms with E-state index < -0.39 is 29.9 Å². The first-order valence-corrected chi connectivity index (χ1v) is 8.64. The summed E-state index contributed by atoms with van der Waals surface area (Å²) >= 11 is 0. The third-order valence-electron chi connectivity index (χ3n) is 3.93. The molecule has 1 fully saturated rings. The Bertz CT molecular complexity index is 640. The Balaban J connectivity index is 2.09. The Labute approximate surface area is 153 Å².